The highest BCUT2D eigenvalue weighted by Gasteiger charge is 2.71. The van der Waals surface area contributed by atoms with Gasteiger partial charge in [0.25, 0.3) is 0 Å². The van der Waals surface area contributed by atoms with Gasteiger partial charge in [0.15, 0.2) is 0 Å². The van der Waals surface area contributed by atoms with E-state index < -0.39 is 0 Å². The Morgan fingerprint density at radius 1 is 0.810 bits per heavy atom. The molecular formula is C16H13Cl2NO2. The molecule has 0 aromatic heterocycles. The number of imide groups is 1. The summed E-state index contributed by atoms with van der Waals surface area (Å²) in [7, 11) is 0. The number of fused-ring (bicyclic) bond motifs is 8. The van der Waals surface area contributed by atoms with Crippen LogP contribution in [0.15, 0.2) is 18.2 Å². The van der Waals surface area contributed by atoms with Crippen LogP contribution in [0.4, 0.5) is 5.69 Å². The second-order valence-corrected chi connectivity index (χ2v) is 7.69. The van der Waals surface area contributed by atoms with Crippen molar-refractivity contribution in [1.82, 2.24) is 0 Å². The smallest absolute Gasteiger partial charge is 0.237 e. The van der Waals surface area contributed by atoms with Gasteiger partial charge >= 0.3 is 0 Å². The summed E-state index contributed by atoms with van der Waals surface area (Å²) in [6.45, 7) is 0. The van der Waals surface area contributed by atoms with E-state index in [1.807, 2.05) is 0 Å². The van der Waals surface area contributed by atoms with E-state index in [1.165, 1.54) is 11.3 Å². The maximum absolute atomic E-state index is 12.8. The number of benzene rings is 1. The van der Waals surface area contributed by atoms with Crippen LogP contribution in [0.5, 0.6) is 0 Å². The highest BCUT2D eigenvalue weighted by Crippen LogP contribution is 2.71. The molecule has 0 unspecified atom stereocenters. The average molecular weight is 322 g/mol. The number of anilines is 1. The topological polar surface area (TPSA) is 37.4 Å². The Kier molecular flexibility index (Phi) is 2.27. The molecule has 1 heterocycles. The Labute approximate surface area is 132 Å². The lowest BCUT2D eigenvalue weighted by Gasteiger charge is -2.18. The molecule has 3 saturated carbocycles. The Morgan fingerprint density at radius 3 is 1.81 bits per heavy atom. The van der Waals surface area contributed by atoms with Crippen molar-refractivity contribution < 1.29 is 9.59 Å². The molecule has 108 valence electrons. The third kappa shape index (κ3) is 1.46. The van der Waals surface area contributed by atoms with Gasteiger partial charge in [0.1, 0.15) is 0 Å². The monoisotopic (exact) mass is 321 g/mol. The Balaban J connectivity index is 1.58. The molecule has 1 aromatic carbocycles. The standard InChI is InChI=1S/C16H13Cl2NO2/c17-6-1-7(18)3-8(2-6)19-15(20)13-11-5-12(10-4-9(10)11)14(13)16(19)21/h1-3,9-14H,4-5H2/t9-,10+,11+,12-,13+,14-. The number of carbonyl (C=O) groups excluding carboxylic acids is 2. The lowest BCUT2D eigenvalue weighted by molar-refractivity contribution is -0.123. The highest BCUT2D eigenvalue weighted by molar-refractivity contribution is 6.35. The van der Waals surface area contributed by atoms with Crippen LogP contribution in [-0.4, -0.2) is 11.8 Å². The molecule has 3 aliphatic carbocycles. The zero-order valence-electron chi connectivity index (χ0n) is 11.1. The molecule has 1 aromatic rings. The fraction of sp³-hybridized carbons (Fsp3) is 0.500. The van der Waals surface area contributed by atoms with Crippen LogP contribution in [0.25, 0.3) is 0 Å². The molecule has 4 aliphatic rings. The number of hydrogen-bond acceptors (Lipinski definition) is 2. The first-order valence-corrected chi connectivity index (χ1v) is 8.16. The molecule has 3 nitrogen and oxygen atoms in total. The van der Waals surface area contributed by atoms with Crippen molar-refractivity contribution in [2.45, 2.75) is 12.8 Å². The first-order valence-electron chi connectivity index (χ1n) is 7.40. The van der Waals surface area contributed by atoms with Crippen LogP contribution in [-0.2, 0) is 9.59 Å². The van der Waals surface area contributed by atoms with Crippen LogP contribution in [0.1, 0.15) is 12.8 Å². The lowest BCUT2D eigenvalue weighted by Crippen LogP contribution is -2.33. The first kappa shape index (κ1) is 12.5. The number of halogens is 2. The van der Waals surface area contributed by atoms with Gasteiger partial charge in [-0.1, -0.05) is 23.2 Å². The average Bonchev–Trinajstić information content (AvgIpc) is 2.92. The molecule has 21 heavy (non-hydrogen) atoms. The van der Waals surface area contributed by atoms with E-state index in [4.69, 9.17) is 23.2 Å². The Bertz CT molecular complexity index is 651. The van der Waals surface area contributed by atoms with Crippen LogP contribution in [0.3, 0.4) is 0 Å². The third-order valence-corrected chi connectivity index (χ3v) is 6.40. The molecule has 2 bridgehead atoms. The molecule has 4 fully saturated rings. The van der Waals surface area contributed by atoms with E-state index >= 15 is 0 Å². The minimum atomic E-state index is -0.0935. The molecule has 1 saturated heterocycles. The van der Waals surface area contributed by atoms with Gasteiger partial charge in [-0.25, -0.2) is 4.90 Å². The molecule has 5 heteroatoms. The van der Waals surface area contributed by atoms with Gasteiger partial charge in [0.2, 0.25) is 11.8 Å². The fourth-order valence-electron chi connectivity index (χ4n) is 5.25. The van der Waals surface area contributed by atoms with Crippen molar-refractivity contribution in [3.8, 4) is 0 Å². The van der Waals surface area contributed by atoms with Gasteiger partial charge in [0.05, 0.1) is 17.5 Å². The summed E-state index contributed by atoms with van der Waals surface area (Å²) in [5, 5.41) is 0.891. The largest absolute Gasteiger partial charge is 0.274 e. The van der Waals surface area contributed by atoms with E-state index in [-0.39, 0.29) is 23.7 Å². The van der Waals surface area contributed by atoms with Crippen LogP contribution in [0.2, 0.25) is 10.0 Å². The molecule has 6 atom stereocenters. The van der Waals surface area contributed by atoms with Gasteiger partial charge in [-0.2, -0.15) is 0 Å². The zero-order valence-corrected chi connectivity index (χ0v) is 12.6. The van der Waals surface area contributed by atoms with E-state index in [0.29, 0.717) is 39.4 Å². The van der Waals surface area contributed by atoms with E-state index in [2.05, 4.69) is 0 Å². The fourth-order valence-corrected chi connectivity index (χ4v) is 5.76. The van der Waals surface area contributed by atoms with E-state index in [1.54, 1.807) is 18.2 Å². The minimum absolute atomic E-state index is 0.0406. The van der Waals surface area contributed by atoms with E-state index in [9.17, 15) is 9.59 Å². The second kappa shape index (κ2) is 3.82. The van der Waals surface area contributed by atoms with Gasteiger partial charge in [-0.15, -0.1) is 0 Å². The number of rotatable bonds is 1. The normalized spacial score (nSPS) is 42.5. The lowest BCUT2D eigenvalue weighted by atomic mass is 9.81. The van der Waals surface area contributed by atoms with Crippen molar-refractivity contribution in [3.63, 3.8) is 0 Å². The summed E-state index contributed by atoms with van der Waals surface area (Å²) < 4.78 is 0. The van der Waals surface area contributed by atoms with Crippen LogP contribution in [0, 0.1) is 35.5 Å². The summed E-state index contributed by atoms with van der Waals surface area (Å²) >= 11 is 12.0. The summed E-state index contributed by atoms with van der Waals surface area (Å²) in [4.78, 5) is 26.9. The summed E-state index contributed by atoms with van der Waals surface area (Å²) in [5.41, 5.74) is 0.518. The number of amides is 2. The van der Waals surface area contributed by atoms with Gasteiger partial charge in [-0.05, 0) is 54.7 Å². The van der Waals surface area contributed by atoms with Crippen molar-refractivity contribution in [1.29, 1.82) is 0 Å². The highest BCUT2D eigenvalue weighted by atomic mass is 35.5. The maximum atomic E-state index is 12.8. The van der Waals surface area contributed by atoms with E-state index in [0.717, 1.165) is 6.42 Å². The maximum Gasteiger partial charge on any atom is 0.237 e. The van der Waals surface area contributed by atoms with Gasteiger partial charge in [-0.3, -0.25) is 9.59 Å². The first-order chi connectivity index (χ1) is 10.1. The third-order valence-electron chi connectivity index (χ3n) is 5.96. The molecule has 0 N–H and O–H groups in total. The molecular weight excluding hydrogens is 309 g/mol. The summed E-state index contributed by atoms with van der Waals surface area (Å²) in [6, 6.07) is 4.90. The Hall–Kier alpha value is -1.06. The molecule has 0 radical (unpaired) electrons. The van der Waals surface area contributed by atoms with Crippen molar-refractivity contribution >= 4 is 40.7 Å². The molecule has 5 rings (SSSR count). The predicted octanol–water partition coefficient (Wildman–Crippen LogP) is 3.38. The minimum Gasteiger partial charge on any atom is -0.274 e. The number of hydrogen-bond donors (Lipinski definition) is 0. The Morgan fingerprint density at radius 2 is 1.29 bits per heavy atom. The van der Waals surface area contributed by atoms with Crippen molar-refractivity contribution in [3.05, 3.63) is 28.2 Å². The number of nitrogens with zero attached hydrogens (tertiary/aromatic N) is 1. The van der Waals surface area contributed by atoms with Crippen molar-refractivity contribution in [2.24, 2.45) is 35.5 Å². The molecule has 0 spiro atoms. The van der Waals surface area contributed by atoms with Crippen LogP contribution >= 0.6 is 23.2 Å². The quantitative estimate of drug-likeness (QED) is 0.743. The number of carbonyl (C=O) groups is 2. The SMILES string of the molecule is O=C1[C@@H]2[C@@H]3C[C@@H]([C@@H]4C[C@@H]43)[C@@H]2C(=O)N1c1cc(Cl)cc(Cl)c1. The zero-order chi connectivity index (χ0) is 14.5. The second-order valence-electron chi connectivity index (χ2n) is 6.82. The van der Waals surface area contributed by atoms with Crippen LogP contribution < -0.4 is 4.90 Å². The molecule has 2 amide bonds. The summed E-state index contributed by atoms with van der Waals surface area (Å²) in [6.07, 6.45) is 2.30. The van der Waals surface area contributed by atoms with Crippen molar-refractivity contribution in [2.75, 3.05) is 4.90 Å². The molecule has 1 aliphatic heterocycles. The van der Waals surface area contributed by atoms with Gasteiger partial charge in [0, 0.05) is 10.0 Å². The summed E-state index contributed by atoms with van der Waals surface area (Å²) in [5.74, 6) is 2.00. The van der Waals surface area contributed by atoms with Gasteiger partial charge < -0.3 is 0 Å². The predicted molar refractivity (Wildman–Crippen MR) is 79.1 cm³/mol.